The zero-order valence-corrected chi connectivity index (χ0v) is 10.8. The van der Waals surface area contributed by atoms with Crippen molar-refractivity contribution in [2.45, 2.75) is 33.3 Å². The number of nitrogens with one attached hydrogen (secondary N) is 2. The third-order valence-corrected chi connectivity index (χ3v) is 2.30. The van der Waals surface area contributed by atoms with Crippen LogP contribution in [-0.2, 0) is 0 Å². The van der Waals surface area contributed by atoms with Crippen LogP contribution in [-0.4, -0.2) is 32.8 Å². The molecule has 18 heavy (non-hydrogen) atoms. The van der Waals surface area contributed by atoms with Crippen molar-refractivity contribution >= 4 is 22.8 Å². The lowest BCUT2D eigenvalue weighted by atomic mass is 10.4. The maximum absolute atomic E-state index is 5.76. The molecule has 0 radical (unpaired) electrons. The third-order valence-electron chi connectivity index (χ3n) is 2.30. The molecule has 0 aliphatic carbocycles. The van der Waals surface area contributed by atoms with Gasteiger partial charge in [-0.1, -0.05) is 6.92 Å². The van der Waals surface area contributed by atoms with Crippen molar-refractivity contribution in [3.63, 3.8) is 0 Å². The van der Waals surface area contributed by atoms with Gasteiger partial charge < -0.3 is 20.8 Å². The van der Waals surface area contributed by atoms with Crippen molar-refractivity contribution in [2.75, 3.05) is 17.6 Å². The first kappa shape index (κ1) is 12.4. The van der Waals surface area contributed by atoms with Crippen molar-refractivity contribution in [3.05, 3.63) is 0 Å². The number of anilines is 2. The molecule has 2 rings (SSSR count). The minimum Gasteiger partial charge on any atom is -0.472 e. The molecule has 98 valence electrons. The lowest BCUT2D eigenvalue weighted by Crippen LogP contribution is -2.08. The molecular formula is C11H18N6O. The summed E-state index contributed by atoms with van der Waals surface area (Å²) in [4.78, 5) is 7.46. The summed E-state index contributed by atoms with van der Waals surface area (Å²) >= 11 is 0. The van der Waals surface area contributed by atoms with Gasteiger partial charge in [0.2, 0.25) is 5.95 Å². The Bertz CT molecular complexity index is 536. The van der Waals surface area contributed by atoms with Crippen molar-refractivity contribution in [1.29, 1.82) is 0 Å². The maximum Gasteiger partial charge on any atom is 0.260 e. The average Bonchev–Trinajstić information content (AvgIpc) is 2.75. The van der Waals surface area contributed by atoms with E-state index in [-0.39, 0.29) is 6.10 Å². The van der Waals surface area contributed by atoms with Crippen LogP contribution in [0.5, 0.6) is 5.88 Å². The molecule has 0 aliphatic rings. The van der Waals surface area contributed by atoms with Crippen molar-refractivity contribution < 1.29 is 4.74 Å². The quantitative estimate of drug-likeness (QED) is 0.744. The summed E-state index contributed by atoms with van der Waals surface area (Å²) in [6, 6.07) is 0. The van der Waals surface area contributed by atoms with E-state index in [9.17, 15) is 0 Å². The molecule has 2 aromatic heterocycles. The van der Waals surface area contributed by atoms with Crippen molar-refractivity contribution in [2.24, 2.45) is 0 Å². The second kappa shape index (κ2) is 5.07. The van der Waals surface area contributed by atoms with Gasteiger partial charge in [0.25, 0.3) is 5.88 Å². The first-order valence-electron chi connectivity index (χ1n) is 6.04. The third kappa shape index (κ3) is 2.44. The lowest BCUT2D eigenvalue weighted by Gasteiger charge is -2.08. The summed E-state index contributed by atoms with van der Waals surface area (Å²) in [6.45, 7) is 6.77. The number of nitrogens with two attached hydrogens (primary N) is 1. The number of H-pyrrole nitrogens is 1. The van der Waals surface area contributed by atoms with Crippen LogP contribution in [0.3, 0.4) is 0 Å². The SMILES string of the molecule is CCCNc1nc2c(N)nnc(OC(C)C)c2[nH]1. The Balaban J connectivity index is 2.41. The first-order valence-corrected chi connectivity index (χ1v) is 6.04. The van der Waals surface area contributed by atoms with Crippen LogP contribution < -0.4 is 15.8 Å². The van der Waals surface area contributed by atoms with Gasteiger partial charge in [-0.05, 0) is 20.3 Å². The number of ether oxygens (including phenoxy) is 1. The number of aromatic amines is 1. The molecular weight excluding hydrogens is 232 g/mol. The predicted octanol–water partition coefficient (Wildman–Crippen LogP) is 1.54. The highest BCUT2D eigenvalue weighted by atomic mass is 16.5. The highest BCUT2D eigenvalue weighted by Crippen LogP contribution is 2.26. The number of imidazole rings is 1. The monoisotopic (exact) mass is 250 g/mol. The van der Waals surface area contributed by atoms with E-state index >= 15 is 0 Å². The average molecular weight is 250 g/mol. The first-order chi connectivity index (χ1) is 8.61. The Morgan fingerprint density at radius 1 is 1.39 bits per heavy atom. The van der Waals surface area contributed by atoms with Gasteiger partial charge in [-0.25, -0.2) is 4.98 Å². The topological polar surface area (TPSA) is 102 Å². The van der Waals surface area contributed by atoms with Crippen LogP contribution in [0.2, 0.25) is 0 Å². The van der Waals surface area contributed by atoms with Gasteiger partial charge in [0.15, 0.2) is 5.82 Å². The number of nitrogen functional groups attached to an aromatic ring is 1. The highest BCUT2D eigenvalue weighted by Gasteiger charge is 2.14. The summed E-state index contributed by atoms with van der Waals surface area (Å²) in [5.41, 5.74) is 7.02. The van der Waals surface area contributed by atoms with E-state index in [1.165, 1.54) is 0 Å². The molecule has 2 heterocycles. The number of nitrogens with zero attached hydrogens (tertiary/aromatic N) is 3. The van der Waals surface area contributed by atoms with Crippen LogP contribution in [0, 0.1) is 0 Å². The zero-order chi connectivity index (χ0) is 13.1. The van der Waals surface area contributed by atoms with Crippen LogP contribution in [0.15, 0.2) is 0 Å². The van der Waals surface area contributed by atoms with E-state index in [2.05, 4.69) is 32.4 Å². The second-order valence-electron chi connectivity index (χ2n) is 4.29. The van der Waals surface area contributed by atoms with Crippen LogP contribution in [0.25, 0.3) is 11.0 Å². The highest BCUT2D eigenvalue weighted by molar-refractivity contribution is 5.89. The van der Waals surface area contributed by atoms with Crippen LogP contribution in [0.4, 0.5) is 11.8 Å². The Morgan fingerprint density at radius 2 is 2.17 bits per heavy atom. The molecule has 0 fully saturated rings. The molecule has 0 aliphatic heterocycles. The van der Waals surface area contributed by atoms with Crippen molar-refractivity contribution in [3.8, 4) is 5.88 Å². The van der Waals surface area contributed by atoms with Gasteiger partial charge >= 0.3 is 0 Å². The molecule has 7 heteroatoms. The van der Waals surface area contributed by atoms with Gasteiger partial charge in [0, 0.05) is 6.54 Å². The lowest BCUT2D eigenvalue weighted by molar-refractivity contribution is 0.233. The minimum absolute atomic E-state index is 0.0153. The minimum atomic E-state index is 0.0153. The number of hydrogen-bond acceptors (Lipinski definition) is 6. The van der Waals surface area contributed by atoms with Gasteiger partial charge in [0.1, 0.15) is 11.0 Å². The number of rotatable bonds is 5. The maximum atomic E-state index is 5.76. The molecule has 0 atom stereocenters. The molecule has 0 bridgehead atoms. The van der Waals surface area contributed by atoms with E-state index in [4.69, 9.17) is 10.5 Å². The van der Waals surface area contributed by atoms with E-state index in [0.717, 1.165) is 13.0 Å². The van der Waals surface area contributed by atoms with E-state index < -0.39 is 0 Å². The van der Waals surface area contributed by atoms with Crippen molar-refractivity contribution in [1.82, 2.24) is 20.2 Å². The fraction of sp³-hybridized carbons (Fsp3) is 0.545. The number of aromatic nitrogens is 4. The smallest absolute Gasteiger partial charge is 0.260 e. The predicted molar refractivity (Wildman–Crippen MR) is 70.6 cm³/mol. The molecule has 0 saturated carbocycles. The summed E-state index contributed by atoms with van der Waals surface area (Å²) in [7, 11) is 0. The normalized spacial score (nSPS) is 11.1. The standard InChI is InChI=1S/C11H18N6O/c1-4-5-13-11-14-7-8(15-11)10(18-6(2)3)17-16-9(7)12/h6H,4-5H2,1-3H3,(H2,12,16)(H2,13,14,15). The Morgan fingerprint density at radius 3 is 2.83 bits per heavy atom. The largest absolute Gasteiger partial charge is 0.472 e. The summed E-state index contributed by atoms with van der Waals surface area (Å²) < 4.78 is 5.57. The van der Waals surface area contributed by atoms with Gasteiger partial charge in [-0.15, -0.1) is 10.2 Å². The molecule has 0 saturated heterocycles. The summed E-state index contributed by atoms with van der Waals surface area (Å²) in [5, 5.41) is 10.9. The molecule has 2 aromatic rings. The van der Waals surface area contributed by atoms with Gasteiger partial charge in [-0.2, -0.15) is 0 Å². The molecule has 0 spiro atoms. The molecule has 0 unspecified atom stereocenters. The molecule has 0 amide bonds. The molecule has 4 N–H and O–H groups in total. The Hall–Kier alpha value is -2.05. The zero-order valence-electron chi connectivity index (χ0n) is 10.8. The summed E-state index contributed by atoms with van der Waals surface area (Å²) in [5.74, 6) is 1.37. The van der Waals surface area contributed by atoms with E-state index in [0.29, 0.717) is 28.7 Å². The van der Waals surface area contributed by atoms with E-state index in [1.807, 2.05) is 13.8 Å². The van der Waals surface area contributed by atoms with E-state index in [1.54, 1.807) is 0 Å². The number of fused-ring (bicyclic) bond motifs is 1. The fourth-order valence-electron chi connectivity index (χ4n) is 1.54. The fourth-order valence-corrected chi connectivity index (χ4v) is 1.54. The van der Waals surface area contributed by atoms with Crippen LogP contribution in [0.1, 0.15) is 27.2 Å². The second-order valence-corrected chi connectivity index (χ2v) is 4.29. The van der Waals surface area contributed by atoms with Crippen LogP contribution >= 0.6 is 0 Å². The Kier molecular flexibility index (Phi) is 3.50. The number of hydrogen-bond donors (Lipinski definition) is 3. The van der Waals surface area contributed by atoms with Gasteiger partial charge in [0.05, 0.1) is 6.10 Å². The molecule has 7 nitrogen and oxygen atoms in total. The van der Waals surface area contributed by atoms with Gasteiger partial charge in [-0.3, -0.25) is 0 Å². The Labute approximate surface area is 105 Å². The molecule has 0 aromatic carbocycles. The summed E-state index contributed by atoms with van der Waals surface area (Å²) in [6.07, 6.45) is 1.03.